The molecule has 15 heavy (non-hydrogen) atoms. The third kappa shape index (κ3) is 1.91. The van der Waals surface area contributed by atoms with Gasteiger partial charge in [-0.3, -0.25) is 0 Å². The van der Waals surface area contributed by atoms with Crippen molar-refractivity contribution in [1.29, 1.82) is 0 Å². The lowest BCUT2D eigenvalue weighted by atomic mass is 9.76. The van der Waals surface area contributed by atoms with Gasteiger partial charge < -0.3 is 5.73 Å². The molecule has 0 saturated heterocycles. The molecule has 0 fully saturated rings. The van der Waals surface area contributed by atoms with Crippen LogP contribution in [-0.2, 0) is 6.42 Å². The van der Waals surface area contributed by atoms with Crippen LogP contribution in [0.5, 0.6) is 0 Å². The van der Waals surface area contributed by atoms with Crippen LogP contribution in [0.4, 0.5) is 4.39 Å². The number of fused-ring (bicyclic) bond motifs is 1. The first kappa shape index (κ1) is 10.6. The van der Waals surface area contributed by atoms with Gasteiger partial charge in [-0.25, -0.2) is 4.39 Å². The molecule has 0 saturated carbocycles. The third-order valence-electron chi connectivity index (χ3n) is 3.53. The number of hydrogen-bond acceptors (Lipinski definition) is 1. The van der Waals surface area contributed by atoms with Gasteiger partial charge in [-0.1, -0.05) is 19.1 Å². The SMILES string of the molecule is CC(CN)C1CCCc2cccc(F)c21. The first-order valence-electron chi connectivity index (χ1n) is 5.71. The highest BCUT2D eigenvalue weighted by Gasteiger charge is 2.26. The summed E-state index contributed by atoms with van der Waals surface area (Å²) < 4.78 is 13.8. The molecular formula is C13H18FN. The summed E-state index contributed by atoms with van der Waals surface area (Å²) in [6, 6.07) is 5.43. The van der Waals surface area contributed by atoms with Gasteiger partial charge in [0, 0.05) is 0 Å². The van der Waals surface area contributed by atoms with Gasteiger partial charge in [-0.2, -0.15) is 0 Å². The molecule has 1 aliphatic rings. The Morgan fingerprint density at radius 2 is 2.33 bits per heavy atom. The van der Waals surface area contributed by atoms with Gasteiger partial charge in [0.05, 0.1) is 0 Å². The molecule has 0 aromatic heterocycles. The van der Waals surface area contributed by atoms with Crippen molar-refractivity contribution in [2.45, 2.75) is 32.1 Å². The average Bonchev–Trinajstić information content (AvgIpc) is 2.28. The second-order valence-corrected chi connectivity index (χ2v) is 4.52. The van der Waals surface area contributed by atoms with Crippen LogP contribution in [0.1, 0.15) is 36.8 Å². The van der Waals surface area contributed by atoms with E-state index in [0.717, 1.165) is 24.8 Å². The molecule has 1 aromatic carbocycles. The molecule has 0 heterocycles. The largest absolute Gasteiger partial charge is 0.330 e. The summed E-state index contributed by atoms with van der Waals surface area (Å²) >= 11 is 0. The van der Waals surface area contributed by atoms with Crippen LogP contribution >= 0.6 is 0 Å². The molecule has 0 spiro atoms. The van der Waals surface area contributed by atoms with Gasteiger partial charge in [0.1, 0.15) is 5.82 Å². The number of halogens is 1. The van der Waals surface area contributed by atoms with Crippen molar-refractivity contribution in [2.75, 3.05) is 6.54 Å². The second-order valence-electron chi connectivity index (χ2n) is 4.52. The molecule has 1 aromatic rings. The summed E-state index contributed by atoms with van der Waals surface area (Å²) in [5.41, 5.74) is 7.81. The molecule has 82 valence electrons. The Morgan fingerprint density at radius 3 is 3.07 bits per heavy atom. The zero-order valence-electron chi connectivity index (χ0n) is 9.17. The maximum absolute atomic E-state index is 13.8. The summed E-state index contributed by atoms with van der Waals surface area (Å²) in [5.74, 6) is 0.651. The van der Waals surface area contributed by atoms with Crippen LogP contribution in [-0.4, -0.2) is 6.54 Å². The quantitative estimate of drug-likeness (QED) is 0.793. The molecule has 2 rings (SSSR count). The minimum atomic E-state index is -0.0440. The summed E-state index contributed by atoms with van der Waals surface area (Å²) in [6.45, 7) is 2.75. The van der Waals surface area contributed by atoms with E-state index in [4.69, 9.17) is 5.73 Å². The zero-order valence-corrected chi connectivity index (χ0v) is 9.17. The predicted molar refractivity (Wildman–Crippen MR) is 60.3 cm³/mol. The third-order valence-corrected chi connectivity index (χ3v) is 3.53. The Bertz CT molecular complexity index is 348. The Hall–Kier alpha value is -0.890. The zero-order chi connectivity index (χ0) is 10.8. The van der Waals surface area contributed by atoms with E-state index >= 15 is 0 Å². The maximum Gasteiger partial charge on any atom is 0.126 e. The molecule has 2 heteroatoms. The van der Waals surface area contributed by atoms with E-state index in [9.17, 15) is 4.39 Å². The van der Waals surface area contributed by atoms with Crippen LogP contribution in [0.3, 0.4) is 0 Å². The molecular weight excluding hydrogens is 189 g/mol. The number of hydrogen-bond donors (Lipinski definition) is 1. The minimum Gasteiger partial charge on any atom is -0.330 e. The number of benzene rings is 1. The summed E-state index contributed by atoms with van der Waals surface area (Å²) in [7, 11) is 0. The van der Waals surface area contributed by atoms with Crippen molar-refractivity contribution in [2.24, 2.45) is 11.7 Å². The lowest BCUT2D eigenvalue weighted by Crippen LogP contribution is -2.23. The smallest absolute Gasteiger partial charge is 0.126 e. The number of aryl methyl sites for hydroxylation is 1. The van der Waals surface area contributed by atoms with Crippen molar-refractivity contribution in [3.8, 4) is 0 Å². The van der Waals surface area contributed by atoms with Crippen LogP contribution in [0, 0.1) is 11.7 Å². The average molecular weight is 207 g/mol. The first-order valence-corrected chi connectivity index (χ1v) is 5.71. The Morgan fingerprint density at radius 1 is 1.53 bits per heavy atom. The van der Waals surface area contributed by atoms with Crippen LogP contribution in [0.15, 0.2) is 18.2 Å². The topological polar surface area (TPSA) is 26.0 Å². The lowest BCUT2D eigenvalue weighted by Gasteiger charge is -2.30. The van der Waals surface area contributed by atoms with Gasteiger partial charge in [-0.05, 0) is 54.8 Å². The van der Waals surface area contributed by atoms with E-state index in [1.165, 1.54) is 5.56 Å². The van der Waals surface area contributed by atoms with Crippen molar-refractivity contribution in [3.05, 3.63) is 35.1 Å². The second kappa shape index (κ2) is 4.31. The fourth-order valence-electron chi connectivity index (χ4n) is 2.61. The molecule has 0 bridgehead atoms. The van der Waals surface area contributed by atoms with E-state index in [1.54, 1.807) is 6.07 Å². The highest BCUT2D eigenvalue weighted by atomic mass is 19.1. The van der Waals surface area contributed by atoms with E-state index in [1.807, 2.05) is 12.1 Å². The fraction of sp³-hybridized carbons (Fsp3) is 0.538. The monoisotopic (exact) mass is 207 g/mol. The van der Waals surface area contributed by atoms with Crippen molar-refractivity contribution < 1.29 is 4.39 Å². The lowest BCUT2D eigenvalue weighted by molar-refractivity contribution is 0.397. The molecule has 1 aliphatic carbocycles. The van der Waals surface area contributed by atoms with Crippen molar-refractivity contribution >= 4 is 0 Å². The van der Waals surface area contributed by atoms with E-state index in [-0.39, 0.29) is 5.82 Å². The highest BCUT2D eigenvalue weighted by molar-refractivity contribution is 5.34. The first-order chi connectivity index (χ1) is 7.24. The maximum atomic E-state index is 13.8. The van der Waals surface area contributed by atoms with Gasteiger partial charge in [0.25, 0.3) is 0 Å². The van der Waals surface area contributed by atoms with Crippen molar-refractivity contribution in [1.82, 2.24) is 0 Å². The minimum absolute atomic E-state index is 0.0440. The standard InChI is InChI=1S/C13H18FN/c1-9(8-15)11-6-2-4-10-5-3-7-12(14)13(10)11/h3,5,7,9,11H,2,4,6,8,15H2,1H3. The van der Waals surface area contributed by atoms with Crippen molar-refractivity contribution in [3.63, 3.8) is 0 Å². The van der Waals surface area contributed by atoms with Crippen LogP contribution in [0.25, 0.3) is 0 Å². The van der Waals surface area contributed by atoms with Gasteiger partial charge in [0.15, 0.2) is 0 Å². The molecule has 2 unspecified atom stereocenters. The van der Waals surface area contributed by atoms with E-state index < -0.39 is 0 Å². The fourth-order valence-corrected chi connectivity index (χ4v) is 2.61. The summed E-state index contributed by atoms with van der Waals surface area (Å²) in [6.07, 6.45) is 3.25. The molecule has 1 nitrogen and oxygen atoms in total. The summed E-state index contributed by atoms with van der Waals surface area (Å²) in [5, 5.41) is 0. The number of nitrogens with two attached hydrogens (primary N) is 1. The Labute approximate surface area is 90.5 Å². The van der Waals surface area contributed by atoms with Gasteiger partial charge in [-0.15, -0.1) is 0 Å². The van der Waals surface area contributed by atoms with Gasteiger partial charge >= 0.3 is 0 Å². The normalized spacial score (nSPS) is 22.2. The van der Waals surface area contributed by atoms with Crippen LogP contribution < -0.4 is 5.73 Å². The highest BCUT2D eigenvalue weighted by Crippen LogP contribution is 2.37. The Balaban J connectivity index is 2.40. The molecule has 2 atom stereocenters. The number of rotatable bonds is 2. The Kier molecular flexibility index (Phi) is 3.06. The van der Waals surface area contributed by atoms with Crippen LogP contribution in [0.2, 0.25) is 0 Å². The van der Waals surface area contributed by atoms with Gasteiger partial charge in [0.2, 0.25) is 0 Å². The van der Waals surface area contributed by atoms with E-state index in [0.29, 0.717) is 18.4 Å². The molecule has 0 aliphatic heterocycles. The predicted octanol–water partition coefficient (Wildman–Crippen LogP) is 2.84. The van der Waals surface area contributed by atoms with E-state index in [2.05, 4.69) is 6.92 Å². The molecule has 0 amide bonds. The molecule has 2 N–H and O–H groups in total. The molecule has 0 radical (unpaired) electrons. The summed E-state index contributed by atoms with van der Waals surface area (Å²) in [4.78, 5) is 0.